The molecule has 1 unspecified atom stereocenters. The van der Waals surface area contributed by atoms with Gasteiger partial charge in [-0.3, -0.25) is 4.79 Å². The van der Waals surface area contributed by atoms with Gasteiger partial charge in [-0.25, -0.2) is 4.79 Å². The largest absolute Gasteiger partial charge is 0.481 e. The van der Waals surface area contributed by atoms with Crippen LogP contribution in [-0.4, -0.2) is 42.4 Å². The van der Waals surface area contributed by atoms with Gasteiger partial charge in [0.1, 0.15) is 0 Å². The van der Waals surface area contributed by atoms with Gasteiger partial charge in [-0.05, 0) is 31.2 Å². The van der Waals surface area contributed by atoms with E-state index in [1.54, 1.807) is 0 Å². The van der Waals surface area contributed by atoms with Crippen molar-refractivity contribution in [3.05, 3.63) is 35.9 Å². The maximum Gasteiger partial charge on any atom is 0.315 e. The molecule has 0 bridgehead atoms. The lowest BCUT2D eigenvalue weighted by molar-refractivity contribution is -0.137. The molecule has 1 aliphatic rings. The van der Waals surface area contributed by atoms with Gasteiger partial charge in [0.05, 0.1) is 12.7 Å². The van der Waals surface area contributed by atoms with Crippen LogP contribution in [0.25, 0.3) is 0 Å². The first-order chi connectivity index (χ1) is 12.1. The zero-order valence-corrected chi connectivity index (χ0v) is 14.6. The Morgan fingerprint density at radius 1 is 1.20 bits per heavy atom. The monoisotopic (exact) mass is 348 g/mol. The van der Waals surface area contributed by atoms with Crippen LogP contribution in [0.2, 0.25) is 0 Å². The molecule has 2 rings (SSSR count). The fraction of sp³-hybridized carbons (Fsp3) is 0.579. The van der Waals surface area contributed by atoms with E-state index in [4.69, 9.17) is 9.84 Å². The number of carbonyl (C=O) groups excluding carboxylic acids is 1. The van der Waals surface area contributed by atoms with Gasteiger partial charge in [-0.15, -0.1) is 0 Å². The number of carboxylic acid groups (broad SMARTS) is 1. The van der Waals surface area contributed by atoms with Gasteiger partial charge >= 0.3 is 12.0 Å². The number of hydrogen-bond donors (Lipinski definition) is 3. The first-order valence-electron chi connectivity index (χ1n) is 9.05. The topological polar surface area (TPSA) is 87.7 Å². The summed E-state index contributed by atoms with van der Waals surface area (Å²) in [5.74, 6) is -0.856. The van der Waals surface area contributed by atoms with Crippen molar-refractivity contribution in [2.75, 3.05) is 13.2 Å². The van der Waals surface area contributed by atoms with Gasteiger partial charge in [-0.2, -0.15) is 0 Å². The van der Waals surface area contributed by atoms with Gasteiger partial charge in [0.25, 0.3) is 0 Å². The predicted molar refractivity (Wildman–Crippen MR) is 95.5 cm³/mol. The Hall–Kier alpha value is -2.08. The Labute approximate surface area is 149 Å². The summed E-state index contributed by atoms with van der Waals surface area (Å²) in [6.45, 7) is 0.968. The van der Waals surface area contributed by atoms with Crippen molar-refractivity contribution < 1.29 is 19.4 Å². The van der Waals surface area contributed by atoms with Crippen LogP contribution in [0.3, 0.4) is 0 Å². The Bertz CT molecular complexity index is 529. The molecule has 0 aromatic heterocycles. The van der Waals surface area contributed by atoms with E-state index in [-0.39, 0.29) is 18.5 Å². The number of ether oxygens (including phenoxy) is 1. The van der Waals surface area contributed by atoms with Crippen LogP contribution < -0.4 is 10.6 Å². The van der Waals surface area contributed by atoms with E-state index in [0.29, 0.717) is 32.1 Å². The normalized spacial score (nSPS) is 15.7. The summed E-state index contributed by atoms with van der Waals surface area (Å²) >= 11 is 0. The van der Waals surface area contributed by atoms with Crippen LogP contribution in [-0.2, 0) is 16.0 Å². The third-order valence-corrected chi connectivity index (χ3v) is 4.41. The summed E-state index contributed by atoms with van der Waals surface area (Å²) in [7, 11) is 0. The number of nitrogens with one attached hydrogen (secondary N) is 2. The highest BCUT2D eigenvalue weighted by molar-refractivity contribution is 5.74. The summed E-state index contributed by atoms with van der Waals surface area (Å²) in [5, 5.41) is 14.6. The van der Waals surface area contributed by atoms with Gasteiger partial charge < -0.3 is 20.5 Å². The van der Waals surface area contributed by atoms with E-state index in [1.807, 2.05) is 30.3 Å². The highest BCUT2D eigenvalue weighted by Crippen LogP contribution is 2.20. The summed E-state index contributed by atoms with van der Waals surface area (Å²) in [4.78, 5) is 22.9. The third-order valence-electron chi connectivity index (χ3n) is 4.41. The molecule has 1 saturated carbocycles. The summed E-state index contributed by atoms with van der Waals surface area (Å²) < 4.78 is 5.71. The molecule has 1 atom stereocenters. The molecule has 0 radical (unpaired) electrons. The van der Waals surface area contributed by atoms with E-state index in [1.165, 1.54) is 12.8 Å². The van der Waals surface area contributed by atoms with Crippen LogP contribution >= 0.6 is 0 Å². The number of urea groups is 1. The standard InChI is InChI=1S/C19H28N2O4/c22-18(23)11-10-16(14-15-6-2-1-3-7-15)21-19(24)20-12-13-25-17-8-4-5-9-17/h1-3,6-7,16-17H,4-5,8-14H2,(H,22,23)(H2,20,21,24). The molecule has 25 heavy (non-hydrogen) atoms. The molecule has 1 aliphatic carbocycles. The molecule has 1 aromatic carbocycles. The van der Waals surface area contributed by atoms with Crippen LogP contribution in [0.4, 0.5) is 4.79 Å². The smallest absolute Gasteiger partial charge is 0.315 e. The molecule has 3 N–H and O–H groups in total. The highest BCUT2D eigenvalue weighted by Gasteiger charge is 2.16. The Kier molecular flexibility index (Phi) is 8.25. The second-order valence-electron chi connectivity index (χ2n) is 6.50. The maximum absolute atomic E-state index is 12.1. The number of carbonyl (C=O) groups is 2. The van der Waals surface area contributed by atoms with Crippen molar-refractivity contribution in [1.82, 2.24) is 10.6 Å². The molecule has 138 valence electrons. The summed E-state index contributed by atoms with van der Waals surface area (Å²) in [6.07, 6.45) is 6.05. The number of hydrogen-bond acceptors (Lipinski definition) is 3. The molecule has 2 amide bonds. The van der Waals surface area contributed by atoms with Crippen LogP contribution in [0, 0.1) is 0 Å². The summed E-state index contributed by atoms with van der Waals surface area (Å²) in [6, 6.07) is 9.26. The van der Waals surface area contributed by atoms with Gasteiger partial charge in [0, 0.05) is 19.0 Å². The number of aliphatic carboxylic acids is 1. The van der Waals surface area contributed by atoms with Crippen molar-refractivity contribution in [2.24, 2.45) is 0 Å². The molecule has 0 spiro atoms. The minimum absolute atomic E-state index is 0.0303. The molecule has 1 aromatic rings. The molecule has 0 heterocycles. The van der Waals surface area contributed by atoms with Crippen molar-refractivity contribution >= 4 is 12.0 Å². The predicted octanol–water partition coefficient (Wildman–Crippen LogP) is 2.72. The van der Waals surface area contributed by atoms with Crippen molar-refractivity contribution in [2.45, 2.75) is 57.1 Å². The third kappa shape index (κ3) is 8.03. The molecule has 0 aliphatic heterocycles. The highest BCUT2D eigenvalue weighted by atomic mass is 16.5. The van der Waals surface area contributed by atoms with E-state index in [9.17, 15) is 9.59 Å². The number of rotatable bonds is 10. The first kappa shape index (κ1) is 19.2. The quantitative estimate of drug-likeness (QED) is 0.567. The molecular formula is C19H28N2O4. The zero-order chi connectivity index (χ0) is 17.9. The van der Waals surface area contributed by atoms with Gasteiger partial charge in [0.15, 0.2) is 0 Å². The SMILES string of the molecule is O=C(O)CCC(Cc1ccccc1)NC(=O)NCCOC1CCCC1. The van der Waals surface area contributed by atoms with Gasteiger partial charge in [0.2, 0.25) is 0 Å². The molecular weight excluding hydrogens is 320 g/mol. The molecule has 6 nitrogen and oxygen atoms in total. The number of carboxylic acids is 1. The molecule has 0 saturated heterocycles. The second kappa shape index (κ2) is 10.7. The van der Waals surface area contributed by atoms with E-state index in [0.717, 1.165) is 18.4 Å². The Morgan fingerprint density at radius 2 is 1.92 bits per heavy atom. The van der Waals surface area contributed by atoms with Crippen molar-refractivity contribution in [1.29, 1.82) is 0 Å². The number of amides is 2. The first-order valence-corrected chi connectivity index (χ1v) is 9.05. The second-order valence-corrected chi connectivity index (χ2v) is 6.50. The average Bonchev–Trinajstić information content (AvgIpc) is 3.11. The fourth-order valence-electron chi connectivity index (χ4n) is 3.10. The Morgan fingerprint density at radius 3 is 2.60 bits per heavy atom. The lowest BCUT2D eigenvalue weighted by Crippen LogP contribution is -2.44. The lowest BCUT2D eigenvalue weighted by atomic mass is 10.0. The number of benzene rings is 1. The van der Waals surface area contributed by atoms with E-state index < -0.39 is 5.97 Å². The molecule has 6 heteroatoms. The fourth-order valence-corrected chi connectivity index (χ4v) is 3.10. The van der Waals surface area contributed by atoms with E-state index in [2.05, 4.69) is 10.6 Å². The zero-order valence-electron chi connectivity index (χ0n) is 14.6. The summed E-state index contributed by atoms with van der Waals surface area (Å²) in [5.41, 5.74) is 1.07. The minimum atomic E-state index is -0.856. The van der Waals surface area contributed by atoms with Crippen LogP contribution in [0.5, 0.6) is 0 Å². The van der Waals surface area contributed by atoms with Crippen LogP contribution in [0.15, 0.2) is 30.3 Å². The average molecular weight is 348 g/mol. The van der Waals surface area contributed by atoms with Gasteiger partial charge in [-0.1, -0.05) is 43.2 Å². The Balaban J connectivity index is 1.72. The van der Waals surface area contributed by atoms with Crippen molar-refractivity contribution in [3.8, 4) is 0 Å². The minimum Gasteiger partial charge on any atom is -0.481 e. The maximum atomic E-state index is 12.1. The van der Waals surface area contributed by atoms with E-state index >= 15 is 0 Å². The molecule has 1 fully saturated rings. The van der Waals surface area contributed by atoms with Crippen molar-refractivity contribution in [3.63, 3.8) is 0 Å². The van der Waals surface area contributed by atoms with Crippen LogP contribution in [0.1, 0.15) is 44.1 Å². The lowest BCUT2D eigenvalue weighted by Gasteiger charge is -2.19.